The highest BCUT2D eigenvalue weighted by molar-refractivity contribution is 5.75. The van der Waals surface area contributed by atoms with Crippen molar-refractivity contribution >= 4 is 11.7 Å². The van der Waals surface area contributed by atoms with Gasteiger partial charge in [-0.15, -0.1) is 0 Å². The molecule has 1 aromatic carbocycles. The van der Waals surface area contributed by atoms with E-state index >= 15 is 0 Å². The first-order valence-corrected chi connectivity index (χ1v) is 7.73. The number of carbonyl (C=O) groups is 1. The van der Waals surface area contributed by atoms with Crippen LogP contribution in [0.5, 0.6) is 11.5 Å². The molecule has 120 valence electrons. The topological polar surface area (TPSA) is 54.0 Å². The number of piperazine rings is 1. The minimum atomic E-state index is 0.0782. The summed E-state index contributed by atoms with van der Waals surface area (Å²) in [5, 5.41) is 3.04. The first kappa shape index (κ1) is 14.8. The Morgan fingerprint density at radius 2 is 1.77 bits per heavy atom. The fourth-order valence-electron chi connectivity index (χ4n) is 2.68. The van der Waals surface area contributed by atoms with Gasteiger partial charge >= 0.3 is 6.03 Å². The third-order valence-corrected chi connectivity index (χ3v) is 4.20. The lowest BCUT2D eigenvalue weighted by molar-refractivity contribution is 0.194. The highest BCUT2D eigenvalue weighted by Gasteiger charge is 2.27. The van der Waals surface area contributed by atoms with E-state index in [4.69, 9.17) is 9.47 Å². The lowest BCUT2D eigenvalue weighted by Gasteiger charge is -2.36. The zero-order valence-corrected chi connectivity index (χ0v) is 13.2. The molecule has 1 saturated carbocycles. The van der Waals surface area contributed by atoms with Crippen molar-refractivity contribution < 1.29 is 14.3 Å². The molecule has 0 aromatic heterocycles. The van der Waals surface area contributed by atoms with Crippen LogP contribution >= 0.6 is 0 Å². The van der Waals surface area contributed by atoms with Crippen LogP contribution in [0.25, 0.3) is 0 Å². The van der Waals surface area contributed by atoms with Crippen molar-refractivity contribution in [2.75, 3.05) is 45.3 Å². The molecule has 0 unspecified atom stereocenters. The van der Waals surface area contributed by atoms with Gasteiger partial charge in [-0.05, 0) is 25.0 Å². The SMILES string of the molecule is COc1ccc(N2CCN(C(=O)NC3CC3)CC2)cc1OC. The summed E-state index contributed by atoms with van der Waals surface area (Å²) in [7, 11) is 3.27. The number of anilines is 1. The summed E-state index contributed by atoms with van der Waals surface area (Å²) >= 11 is 0. The van der Waals surface area contributed by atoms with E-state index in [9.17, 15) is 4.79 Å². The summed E-state index contributed by atoms with van der Waals surface area (Å²) in [6.07, 6.45) is 2.24. The molecular weight excluding hydrogens is 282 g/mol. The van der Waals surface area contributed by atoms with E-state index in [1.54, 1.807) is 14.2 Å². The quantitative estimate of drug-likeness (QED) is 0.920. The van der Waals surface area contributed by atoms with Gasteiger partial charge in [-0.1, -0.05) is 0 Å². The molecule has 22 heavy (non-hydrogen) atoms. The minimum absolute atomic E-state index is 0.0782. The van der Waals surface area contributed by atoms with Crippen molar-refractivity contribution in [3.8, 4) is 11.5 Å². The summed E-state index contributed by atoms with van der Waals surface area (Å²) < 4.78 is 10.6. The third-order valence-electron chi connectivity index (χ3n) is 4.20. The van der Waals surface area contributed by atoms with E-state index < -0.39 is 0 Å². The van der Waals surface area contributed by atoms with E-state index in [0.717, 1.165) is 56.2 Å². The van der Waals surface area contributed by atoms with E-state index in [2.05, 4.69) is 10.2 Å². The van der Waals surface area contributed by atoms with Gasteiger partial charge in [0.1, 0.15) is 0 Å². The molecule has 2 fully saturated rings. The van der Waals surface area contributed by atoms with Crippen LogP contribution in [0.2, 0.25) is 0 Å². The lowest BCUT2D eigenvalue weighted by atomic mass is 10.2. The Bertz CT molecular complexity index is 537. The molecule has 0 spiro atoms. The second-order valence-electron chi connectivity index (χ2n) is 5.74. The Morgan fingerprint density at radius 3 is 2.36 bits per heavy atom. The second kappa shape index (κ2) is 6.34. The van der Waals surface area contributed by atoms with Crippen molar-refractivity contribution in [2.24, 2.45) is 0 Å². The molecule has 1 aliphatic heterocycles. The van der Waals surface area contributed by atoms with Crippen LogP contribution in [0, 0.1) is 0 Å². The second-order valence-corrected chi connectivity index (χ2v) is 5.74. The number of urea groups is 1. The number of rotatable bonds is 4. The zero-order valence-electron chi connectivity index (χ0n) is 13.2. The monoisotopic (exact) mass is 305 g/mol. The van der Waals surface area contributed by atoms with Crippen LogP contribution < -0.4 is 19.7 Å². The van der Waals surface area contributed by atoms with Crippen molar-refractivity contribution in [3.63, 3.8) is 0 Å². The predicted octanol–water partition coefficient (Wildman–Crippen LogP) is 1.70. The predicted molar refractivity (Wildman–Crippen MR) is 84.9 cm³/mol. The van der Waals surface area contributed by atoms with Crippen molar-refractivity contribution in [3.05, 3.63) is 18.2 Å². The van der Waals surface area contributed by atoms with Gasteiger partial charge in [0.05, 0.1) is 14.2 Å². The van der Waals surface area contributed by atoms with Gasteiger partial charge < -0.3 is 24.6 Å². The maximum Gasteiger partial charge on any atom is 0.317 e. The first-order valence-electron chi connectivity index (χ1n) is 7.73. The molecule has 0 radical (unpaired) electrons. The molecular formula is C16H23N3O3. The van der Waals surface area contributed by atoms with Gasteiger partial charge in [-0.3, -0.25) is 0 Å². The fraction of sp³-hybridized carbons (Fsp3) is 0.562. The molecule has 1 aromatic rings. The average Bonchev–Trinajstić information content (AvgIpc) is 3.38. The summed E-state index contributed by atoms with van der Waals surface area (Å²) in [6, 6.07) is 6.42. The molecule has 1 saturated heterocycles. The summed E-state index contributed by atoms with van der Waals surface area (Å²) in [5.74, 6) is 1.46. The van der Waals surface area contributed by atoms with Gasteiger partial charge in [-0.25, -0.2) is 4.79 Å². The third kappa shape index (κ3) is 3.21. The van der Waals surface area contributed by atoms with Gasteiger partial charge in [0.15, 0.2) is 11.5 Å². The van der Waals surface area contributed by atoms with Crippen LogP contribution in [0.4, 0.5) is 10.5 Å². The maximum atomic E-state index is 12.0. The summed E-state index contributed by atoms with van der Waals surface area (Å²) in [5.41, 5.74) is 1.10. The van der Waals surface area contributed by atoms with E-state index in [1.807, 2.05) is 23.1 Å². The Hall–Kier alpha value is -2.11. The van der Waals surface area contributed by atoms with Crippen LogP contribution in [0.3, 0.4) is 0 Å². The zero-order chi connectivity index (χ0) is 15.5. The van der Waals surface area contributed by atoms with Gasteiger partial charge in [0.25, 0.3) is 0 Å². The standard InChI is InChI=1S/C16H23N3O3/c1-21-14-6-5-13(11-15(14)22-2)18-7-9-19(10-8-18)16(20)17-12-3-4-12/h5-6,11-12H,3-4,7-10H2,1-2H3,(H,17,20). The number of carbonyl (C=O) groups excluding carboxylic acids is 1. The number of methoxy groups -OCH3 is 2. The maximum absolute atomic E-state index is 12.0. The van der Waals surface area contributed by atoms with E-state index in [1.165, 1.54) is 0 Å². The molecule has 2 amide bonds. The number of hydrogen-bond donors (Lipinski definition) is 1. The number of benzene rings is 1. The first-order chi connectivity index (χ1) is 10.7. The van der Waals surface area contributed by atoms with Crippen molar-refractivity contribution in [2.45, 2.75) is 18.9 Å². The van der Waals surface area contributed by atoms with Gasteiger partial charge in [-0.2, -0.15) is 0 Å². The van der Waals surface area contributed by atoms with Crippen molar-refractivity contribution in [1.82, 2.24) is 10.2 Å². The van der Waals surface area contributed by atoms with E-state index in [-0.39, 0.29) is 6.03 Å². The van der Waals surface area contributed by atoms with Gasteiger partial charge in [0.2, 0.25) is 0 Å². The largest absolute Gasteiger partial charge is 0.493 e. The average molecular weight is 305 g/mol. The van der Waals surface area contributed by atoms with Crippen LogP contribution in [0.1, 0.15) is 12.8 Å². The summed E-state index contributed by atoms with van der Waals surface area (Å²) in [4.78, 5) is 16.2. The van der Waals surface area contributed by atoms with E-state index in [0.29, 0.717) is 6.04 Å². The highest BCUT2D eigenvalue weighted by atomic mass is 16.5. The van der Waals surface area contributed by atoms with Gasteiger partial charge in [0, 0.05) is 44.0 Å². The Morgan fingerprint density at radius 1 is 1.09 bits per heavy atom. The number of amides is 2. The Balaban J connectivity index is 1.59. The number of nitrogens with zero attached hydrogens (tertiary/aromatic N) is 2. The smallest absolute Gasteiger partial charge is 0.317 e. The number of ether oxygens (including phenoxy) is 2. The highest BCUT2D eigenvalue weighted by Crippen LogP contribution is 2.31. The molecule has 6 heteroatoms. The molecule has 2 aliphatic rings. The van der Waals surface area contributed by atoms with Crippen LogP contribution in [0.15, 0.2) is 18.2 Å². The lowest BCUT2D eigenvalue weighted by Crippen LogP contribution is -2.52. The number of nitrogens with one attached hydrogen (secondary N) is 1. The normalized spacial score (nSPS) is 18.1. The molecule has 0 atom stereocenters. The van der Waals surface area contributed by atoms with Crippen LogP contribution in [-0.2, 0) is 0 Å². The Kier molecular flexibility index (Phi) is 4.27. The van der Waals surface area contributed by atoms with Crippen molar-refractivity contribution in [1.29, 1.82) is 0 Å². The number of hydrogen-bond acceptors (Lipinski definition) is 4. The molecule has 1 heterocycles. The molecule has 6 nitrogen and oxygen atoms in total. The van der Waals surface area contributed by atoms with Crippen LogP contribution in [-0.4, -0.2) is 57.4 Å². The Labute approximate surface area is 131 Å². The summed E-state index contributed by atoms with van der Waals surface area (Å²) in [6.45, 7) is 3.14. The molecule has 3 rings (SSSR count). The molecule has 1 N–H and O–H groups in total. The fourth-order valence-corrected chi connectivity index (χ4v) is 2.68. The minimum Gasteiger partial charge on any atom is -0.493 e. The molecule has 1 aliphatic carbocycles. The molecule has 0 bridgehead atoms.